The van der Waals surface area contributed by atoms with Crippen molar-refractivity contribution in [3.05, 3.63) is 22.7 Å². The number of alkyl carbamates (subject to hydrolysis) is 1. The van der Waals surface area contributed by atoms with E-state index in [0.717, 1.165) is 0 Å². The maximum absolute atomic E-state index is 11.9. The van der Waals surface area contributed by atoms with Crippen LogP contribution in [-0.4, -0.2) is 31.4 Å². The van der Waals surface area contributed by atoms with Crippen LogP contribution in [0, 0.1) is 18.3 Å². The maximum Gasteiger partial charge on any atom is 0.408 e. The van der Waals surface area contributed by atoms with E-state index >= 15 is 0 Å². The van der Waals surface area contributed by atoms with Gasteiger partial charge in [0.2, 0.25) is 5.13 Å². The number of amides is 1. The van der Waals surface area contributed by atoms with Crippen molar-refractivity contribution in [1.82, 2.24) is 25.1 Å². The van der Waals surface area contributed by atoms with Gasteiger partial charge in [-0.25, -0.2) is 14.8 Å². The highest BCUT2D eigenvalue weighted by molar-refractivity contribution is 7.14. The third-order valence-corrected chi connectivity index (χ3v) is 3.52. The van der Waals surface area contributed by atoms with Crippen LogP contribution in [0.15, 0.2) is 6.20 Å². The Bertz CT molecular complexity index is 752. The molecule has 1 N–H and O–H groups in total. The van der Waals surface area contributed by atoms with Gasteiger partial charge in [0, 0.05) is 0 Å². The number of aryl methyl sites for hydroxylation is 1. The molecule has 0 aliphatic heterocycles. The second-order valence-corrected chi connectivity index (χ2v) is 6.92. The fourth-order valence-electron chi connectivity index (χ4n) is 1.82. The van der Waals surface area contributed by atoms with E-state index in [2.05, 4.69) is 20.4 Å². The Morgan fingerprint density at radius 2 is 2.22 bits per heavy atom. The molecule has 0 spiro atoms. The van der Waals surface area contributed by atoms with Gasteiger partial charge >= 0.3 is 6.09 Å². The minimum atomic E-state index is -0.579. The molecule has 2 heterocycles. The molecule has 2 rings (SSSR count). The van der Waals surface area contributed by atoms with E-state index in [1.54, 1.807) is 34.6 Å². The van der Waals surface area contributed by atoms with Gasteiger partial charge < -0.3 is 10.1 Å². The summed E-state index contributed by atoms with van der Waals surface area (Å²) in [6.45, 7) is 8.91. The van der Waals surface area contributed by atoms with Crippen LogP contribution < -0.4 is 5.32 Å². The Hall–Kier alpha value is -2.47. The Morgan fingerprint density at radius 1 is 1.52 bits per heavy atom. The number of aromatic nitrogens is 4. The summed E-state index contributed by atoms with van der Waals surface area (Å²) in [4.78, 5) is 20.9. The van der Waals surface area contributed by atoms with E-state index in [1.165, 1.54) is 22.2 Å². The number of carbonyl (C=O) groups is 1. The van der Waals surface area contributed by atoms with Crippen molar-refractivity contribution in [1.29, 1.82) is 5.26 Å². The lowest BCUT2D eigenvalue weighted by atomic mass is 10.2. The predicted molar refractivity (Wildman–Crippen MR) is 84.3 cm³/mol. The lowest BCUT2D eigenvalue weighted by Crippen LogP contribution is -2.34. The van der Waals surface area contributed by atoms with Crippen LogP contribution in [0.4, 0.5) is 4.79 Å². The minimum Gasteiger partial charge on any atom is -0.444 e. The third kappa shape index (κ3) is 4.26. The summed E-state index contributed by atoms with van der Waals surface area (Å²) in [7, 11) is 0. The zero-order chi connectivity index (χ0) is 17.2. The smallest absolute Gasteiger partial charge is 0.408 e. The van der Waals surface area contributed by atoms with Crippen molar-refractivity contribution in [3.63, 3.8) is 0 Å². The number of thiazole rings is 1. The standard InChI is InChI=1S/C14H18N6O2S/c1-8(17-13(21)22-14(3,4)5)11-18-9(2)19-20(11)12-16-7-10(6-15)23-12/h7-8H,1-5H3,(H,17,21)/t8-/m0/s1. The van der Waals surface area contributed by atoms with Crippen molar-refractivity contribution < 1.29 is 9.53 Å². The Kier molecular flexibility index (Phi) is 4.65. The molecule has 0 aliphatic rings. The van der Waals surface area contributed by atoms with E-state index in [4.69, 9.17) is 10.00 Å². The lowest BCUT2D eigenvalue weighted by Gasteiger charge is -2.21. The van der Waals surface area contributed by atoms with Crippen LogP contribution in [0.1, 0.15) is 50.3 Å². The zero-order valence-corrected chi connectivity index (χ0v) is 14.4. The van der Waals surface area contributed by atoms with Crippen molar-refractivity contribution in [2.45, 2.75) is 46.3 Å². The monoisotopic (exact) mass is 334 g/mol. The minimum absolute atomic E-state index is 0.430. The Morgan fingerprint density at radius 3 is 2.78 bits per heavy atom. The highest BCUT2D eigenvalue weighted by Crippen LogP contribution is 2.21. The second-order valence-electron chi connectivity index (χ2n) is 5.92. The molecule has 0 fully saturated rings. The Labute approximate surface area is 138 Å². The average Bonchev–Trinajstić information content (AvgIpc) is 3.01. The van der Waals surface area contributed by atoms with Gasteiger partial charge in [0.25, 0.3) is 0 Å². The molecule has 0 bridgehead atoms. The van der Waals surface area contributed by atoms with E-state index in [9.17, 15) is 4.79 Å². The van der Waals surface area contributed by atoms with Crippen LogP contribution >= 0.6 is 11.3 Å². The molecule has 122 valence electrons. The van der Waals surface area contributed by atoms with Crippen LogP contribution in [0.2, 0.25) is 0 Å². The highest BCUT2D eigenvalue weighted by Gasteiger charge is 2.23. The summed E-state index contributed by atoms with van der Waals surface area (Å²) in [5, 5.41) is 16.4. The summed E-state index contributed by atoms with van der Waals surface area (Å²) in [5.41, 5.74) is -0.579. The molecule has 1 atom stereocenters. The van der Waals surface area contributed by atoms with E-state index in [-0.39, 0.29) is 0 Å². The number of carbonyl (C=O) groups excluding carboxylic acids is 1. The molecule has 2 aromatic heterocycles. The molecule has 0 aliphatic carbocycles. The molecule has 8 nitrogen and oxygen atoms in total. The zero-order valence-electron chi connectivity index (χ0n) is 13.6. The van der Waals surface area contributed by atoms with E-state index in [1.807, 2.05) is 6.07 Å². The van der Waals surface area contributed by atoms with Gasteiger partial charge in [-0.05, 0) is 34.6 Å². The molecular formula is C14H18N6O2S. The molecule has 2 aromatic rings. The van der Waals surface area contributed by atoms with Crippen molar-refractivity contribution in [3.8, 4) is 11.2 Å². The number of hydrogen-bond donors (Lipinski definition) is 1. The van der Waals surface area contributed by atoms with Crippen LogP contribution in [0.5, 0.6) is 0 Å². The van der Waals surface area contributed by atoms with Crippen molar-refractivity contribution in [2.75, 3.05) is 0 Å². The predicted octanol–water partition coefficient (Wildman–Crippen LogP) is 2.49. The SMILES string of the molecule is Cc1nc([C@H](C)NC(=O)OC(C)(C)C)n(-c2ncc(C#N)s2)n1. The Balaban J connectivity index is 2.23. The van der Waals surface area contributed by atoms with Gasteiger partial charge in [-0.15, -0.1) is 5.10 Å². The van der Waals surface area contributed by atoms with E-state index < -0.39 is 17.7 Å². The fraction of sp³-hybridized carbons (Fsp3) is 0.500. The summed E-state index contributed by atoms with van der Waals surface area (Å²) in [6.07, 6.45) is 0.946. The topological polar surface area (TPSA) is 106 Å². The summed E-state index contributed by atoms with van der Waals surface area (Å²) in [5.74, 6) is 1.07. The van der Waals surface area contributed by atoms with E-state index in [0.29, 0.717) is 21.7 Å². The summed E-state index contributed by atoms with van der Waals surface area (Å²) >= 11 is 1.20. The molecule has 0 radical (unpaired) electrons. The summed E-state index contributed by atoms with van der Waals surface area (Å²) < 4.78 is 6.77. The van der Waals surface area contributed by atoms with Crippen LogP contribution in [0.25, 0.3) is 5.13 Å². The first-order valence-electron chi connectivity index (χ1n) is 6.99. The van der Waals surface area contributed by atoms with Gasteiger partial charge in [0.05, 0.1) is 12.2 Å². The molecule has 9 heteroatoms. The molecule has 0 aromatic carbocycles. The third-order valence-electron chi connectivity index (χ3n) is 2.64. The molecular weight excluding hydrogens is 316 g/mol. The first-order valence-corrected chi connectivity index (χ1v) is 7.80. The second kappa shape index (κ2) is 6.34. The normalized spacial score (nSPS) is 12.5. The van der Waals surface area contributed by atoms with Crippen LogP contribution in [0.3, 0.4) is 0 Å². The first kappa shape index (κ1) is 16.9. The highest BCUT2D eigenvalue weighted by atomic mass is 32.1. The number of rotatable bonds is 3. The number of hydrogen-bond acceptors (Lipinski definition) is 7. The lowest BCUT2D eigenvalue weighted by molar-refractivity contribution is 0.0505. The number of nitrogens with one attached hydrogen (secondary N) is 1. The van der Waals surface area contributed by atoms with Gasteiger partial charge in [0.15, 0.2) is 5.82 Å². The van der Waals surface area contributed by atoms with Crippen molar-refractivity contribution in [2.24, 2.45) is 0 Å². The largest absolute Gasteiger partial charge is 0.444 e. The van der Waals surface area contributed by atoms with Crippen molar-refractivity contribution >= 4 is 17.4 Å². The van der Waals surface area contributed by atoms with Gasteiger partial charge in [-0.1, -0.05) is 11.3 Å². The molecule has 23 heavy (non-hydrogen) atoms. The number of nitrogens with zero attached hydrogens (tertiary/aromatic N) is 5. The number of nitriles is 1. The molecule has 0 unspecified atom stereocenters. The first-order chi connectivity index (χ1) is 10.7. The van der Waals surface area contributed by atoms with Gasteiger partial charge in [0.1, 0.15) is 22.4 Å². The fourth-order valence-corrected chi connectivity index (χ4v) is 2.49. The average molecular weight is 334 g/mol. The summed E-state index contributed by atoms with van der Waals surface area (Å²) in [6, 6.07) is 1.61. The molecule has 0 saturated carbocycles. The quantitative estimate of drug-likeness (QED) is 0.924. The molecule has 1 amide bonds. The van der Waals surface area contributed by atoms with Gasteiger partial charge in [-0.3, -0.25) is 0 Å². The number of ether oxygens (including phenoxy) is 1. The van der Waals surface area contributed by atoms with Crippen LogP contribution in [-0.2, 0) is 4.74 Å². The molecule has 0 saturated heterocycles. The van der Waals surface area contributed by atoms with Gasteiger partial charge in [-0.2, -0.15) is 9.94 Å². The maximum atomic E-state index is 11.9.